The fourth-order valence-corrected chi connectivity index (χ4v) is 3.24. The van der Waals surface area contributed by atoms with Crippen molar-refractivity contribution in [2.75, 3.05) is 19.7 Å². The molecular formula is C18H22N2O4S. The third-order valence-corrected chi connectivity index (χ3v) is 4.87. The quantitative estimate of drug-likeness (QED) is 0.665. The van der Waals surface area contributed by atoms with Gasteiger partial charge in [-0.3, -0.25) is 4.79 Å². The summed E-state index contributed by atoms with van der Waals surface area (Å²) >= 11 is 0. The van der Waals surface area contributed by atoms with Crippen molar-refractivity contribution in [3.05, 3.63) is 60.2 Å². The minimum atomic E-state index is -3.54. The summed E-state index contributed by atoms with van der Waals surface area (Å²) in [5, 5.41) is 2.70. The number of amides is 1. The number of carbonyl (C=O) groups excluding carboxylic acids is 1. The molecule has 6 nitrogen and oxygen atoms in total. The Morgan fingerprint density at radius 2 is 1.68 bits per heavy atom. The highest BCUT2D eigenvalue weighted by Crippen LogP contribution is 2.12. The maximum Gasteiger partial charge on any atom is 0.240 e. The second-order valence-corrected chi connectivity index (χ2v) is 7.08. The van der Waals surface area contributed by atoms with E-state index >= 15 is 0 Å². The lowest BCUT2D eigenvalue weighted by molar-refractivity contribution is -0.120. The monoisotopic (exact) mass is 362 g/mol. The van der Waals surface area contributed by atoms with Gasteiger partial charge in [0.2, 0.25) is 15.9 Å². The Kier molecular flexibility index (Phi) is 6.97. The van der Waals surface area contributed by atoms with Crippen molar-refractivity contribution in [3.8, 4) is 5.75 Å². The molecule has 0 aliphatic carbocycles. The number of nitrogens with one attached hydrogen (secondary N) is 2. The molecular weight excluding hydrogens is 340 g/mol. The molecule has 7 heteroatoms. The predicted octanol–water partition coefficient (Wildman–Crippen LogP) is 1.72. The standard InChI is InChI=1S/C18H22N2O4S/c1-2-24-16-10-8-15(9-11-16)14-18(21)19-12-13-20-25(22,23)17-6-4-3-5-7-17/h3-11,20H,2,12-14H2,1H3,(H,19,21). The molecule has 0 aliphatic heterocycles. The summed E-state index contributed by atoms with van der Waals surface area (Å²) in [6, 6.07) is 15.4. The lowest BCUT2D eigenvalue weighted by atomic mass is 10.1. The van der Waals surface area contributed by atoms with Crippen LogP contribution in [0.15, 0.2) is 59.5 Å². The molecule has 0 saturated heterocycles. The average molecular weight is 362 g/mol. The fraction of sp³-hybridized carbons (Fsp3) is 0.278. The van der Waals surface area contributed by atoms with E-state index in [9.17, 15) is 13.2 Å². The molecule has 2 rings (SSSR count). The van der Waals surface area contributed by atoms with Gasteiger partial charge in [0.1, 0.15) is 5.75 Å². The van der Waals surface area contributed by atoms with Crippen LogP contribution in [0.4, 0.5) is 0 Å². The van der Waals surface area contributed by atoms with E-state index in [2.05, 4.69) is 10.0 Å². The normalized spacial score (nSPS) is 11.1. The zero-order valence-electron chi connectivity index (χ0n) is 14.1. The molecule has 2 N–H and O–H groups in total. The third-order valence-electron chi connectivity index (χ3n) is 3.39. The summed E-state index contributed by atoms with van der Waals surface area (Å²) in [6.07, 6.45) is 0.234. The molecule has 0 atom stereocenters. The minimum Gasteiger partial charge on any atom is -0.494 e. The van der Waals surface area contributed by atoms with Crippen LogP contribution in [0.5, 0.6) is 5.75 Å². The molecule has 2 aromatic carbocycles. The molecule has 0 heterocycles. The topological polar surface area (TPSA) is 84.5 Å². The van der Waals surface area contributed by atoms with Gasteiger partial charge >= 0.3 is 0 Å². The molecule has 0 fully saturated rings. The van der Waals surface area contributed by atoms with Gasteiger partial charge < -0.3 is 10.1 Å². The van der Waals surface area contributed by atoms with E-state index in [-0.39, 0.29) is 30.3 Å². The highest BCUT2D eigenvalue weighted by molar-refractivity contribution is 7.89. The van der Waals surface area contributed by atoms with Crippen LogP contribution in [-0.2, 0) is 21.2 Å². The first kappa shape index (κ1) is 19.0. The van der Waals surface area contributed by atoms with Gasteiger partial charge in [0.05, 0.1) is 17.9 Å². The van der Waals surface area contributed by atoms with Crippen molar-refractivity contribution in [2.45, 2.75) is 18.2 Å². The first-order valence-electron chi connectivity index (χ1n) is 8.04. The van der Waals surface area contributed by atoms with Gasteiger partial charge in [-0.2, -0.15) is 0 Å². The number of rotatable bonds is 9. The van der Waals surface area contributed by atoms with Gasteiger partial charge in [0, 0.05) is 13.1 Å². The third kappa shape index (κ3) is 6.21. The summed E-state index contributed by atoms with van der Waals surface area (Å²) in [5.74, 6) is 0.602. The molecule has 0 aromatic heterocycles. The van der Waals surface area contributed by atoms with Crippen molar-refractivity contribution in [3.63, 3.8) is 0 Å². The van der Waals surface area contributed by atoms with Gasteiger partial charge in [-0.1, -0.05) is 30.3 Å². The predicted molar refractivity (Wildman–Crippen MR) is 96.0 cm³/mol. The van der Waals surface area contributed by atoms with Crippen LogP contribution in [0.2, 0.25) is 0 Å². The van der Waals surface area contributed by atoms with E-state index in [1.165, 1.54) is 12.1 Å². The molecule has 2 aromatic rings. The fourth-order valence-electron chi connectivity index (χ4n) is 2.19. The Morgan fingerprint density at radius 3 is 2.32 bits per heavy atom. The molecule has 0 aliphatic rings. The molecule has 0 saturated carbocycles. The Hall–Kier alpha value is -2.38. The van der Waals surface area contributed by atoms with E-state index in [1.54, 1.807) is 18.2 Å². The number of sulfonamides is 1. The van der Waals surface area contributed by atoms with Crippen LogP contribution in [-0.4, -0.2) is 34.0 Å². The van der Waals surface area contributed by atoms with Crippen molar-refractivity contribution >= 4 is 15.9 Å². The summed E-state index contributed by atoms with van der Waals surface area (Å²) in [5.41, 5.74) is 0.866. The van der Waals surface area contributed by atoms with Crippen LogP contribution in [0.25, 0.3) is 0 Å². The molecule has 0 spiro atoms. The second kappa shape index (κ2) is 9.19. The van der Waals surface area contributed by atoms with Crippen LogP contribution >= 0.6 is 0 Å². The summed E-state index contributed by atoms with van der Waals surface area (Å²) < 4.78 is 31.8. The summed E-state index contributed by atoms with van der Waals surface area (Å²) in [4.78, 5) is 12.1. The van der Waals surface area contributed by atoms with Crippen LogP contribution in [0, 0.1) is 0 Å². The first-order valence-corrected chi connectivity index (χ1v) is 9.53. The zero-order valence-corrected chi connectivity index (χ0v) is 14.9. The SMILES string of the molecule is CCOc1ccc(CC(=O)NCCNS(=O)(=O)c2ccccc2)cc1. The van der Waals surface area contributed by atoms with Gasteiger partial charge in [-0.25, -0.2) is 13.1 Å². The number of ether oxygens (including phenoxy) is 1. The lowest BCUT2D eigenvalue weighted by Crippen LogP contribution is -2.35. The van der Waals surface area contributed by atoms with Gasteiger partial charge in [0.25, 0.3) is 0 Å². The number of hydrogen-bond donors (Lipinski definition) is 2. The van der Waals surface area contributed by atoms with Crippen LogP contribution in [0.3, 0.4) is 0 Å². The van der Waals surface area contributed by atoms with E-state index in [1.807, 2.05) is 31.2 Å². The average Bonchev–Trinajstić information content (AvgIpc) is 2.61. The van der Waals surface area contributed by atoms with Gasteiger partial charge in [-0.15, -0.1) is 0 Å². The largest absolute Gasteiger partial charge is 0.494 e. The maximum absolute atomic E-state index is 12.0. The number of carbonyl (C=O) groups is 1. The van der Waals surface area contributed by atoms with Gasteiger partial charge in [-0.05, 0) is 36.8 Å². The number of benzene rings is 2. The highest BCUT2D eigenvalue weighted by Gasteiger charge is 2.12. The maximum atomic E-state index is 12.0. The number of hydrogen-bond acceptors (Lipinski definition) is 4. The first-order chi connectivity index (χ1) is 12.0. The Balaban J connectivity index is 1.73. The van der Waals surface area contributed by atoms with Crippen LogP contribution in [0.1, 0.15) is 12.5 Å². The van der Waals surface area contributed by atoms with Crippen molar-refractivity contribution in [1.29, 1.82) is 0 Å². The Morgan fingerprint density at radius 1 is 1.00 bits per heavy atom. The molecule has 0 radical (unpaired) electrons. The van der Waals surface area contributed by atoms with Crippen LogP contribution < -0.4 is 14.8 Å². The van der Waals surface area contributed by atoms with E-state index in [4.69, 9.17) is 4.74 Å². The summed E-state index contributed by atoms with van der Waals surface area (Å²) in [7, 11) is -3.54. The second-order valence-electron chi connectivity index (χ2n) is 5.31. The highest BCUT2D eigenvalue weighted by atomic mass is 32.2. The van der Waals surface area contributed by atoms with E-state index < -0.39 is 10.0 Å². The van der Waals surface area contributed by atoms with E-state index in [0.717, 1.165) is 11.3 Å². The Labute approximate surface area is 148 Å². The zero-order chi connectivity index (χ0) is 18.1. The van der Waals surface area contributed by atoms with E-state index in [0.29, 0.717) is 6.61 Å². The summed E-state index contributed by atoms with van der Waals surface area (Å²) in [6.45, 7) is 2.86. The molecule has 25 heavy (non-hydrogen) atoms. The Bertz CT molecular complexity index is 774. The minimum absolute atomic E-state index is 0.131. The lowest BCUT2D eigenvalue weighted by Gasteiger charge is -2.08. The molecule has 0 bridgehead atoms. The van der Waals surface area contributed by atoms with Gasteiger partial charge in [0.15, 0.2) is 0 Å². The molecule has 0 unspecified atom stereocenters. The smallest absolute Gasteiger partial charge is 0.240 e. The molecule has 134 valence electrons. The van der Waals surface area contributed by atoms with Crippen molar-refractivity contribution in [2.24, 2.45) is 0 Å². The molecule has 1 amide bonds. The van der Waals surface area contributed by atoms with Crippen molar-refractivity contribution in [1.82, 2.24) is 10.0 Å². The van der Waals surface area contributed by atoms with Crippen molar-refractivity contribution < 1.29 is 17.9 Å².